The molecular formula is C16H20Cl2N2O4. The molecule has 0 aliphatic carbocycles. The fourth-order valence-corrected chi connectivity index (χ4v) is 2.37. The summed E-state index contributed by atoms with van der Waals surface area (Å²) in [5.41, 5.74) is 0.139. The van der Waals surface area contributed by atoms with E-state index in [1.54, 1.807) is 19.1 Å². The maximum Gasteiger partial charge on any atom is 0.326 e. The number of carbonyl (C=O) groups is 3. The highest BCUT2D eigenvalue weighted by molar-refractivity contribution is 6.43. The van der Waals surface area contributed by atoms with E-state index >= 15 is 0 Å². The summed E-state index contributed by atoms with van der Waals surface area (Å²) in [5.74, 6) is -2.51. The van der Waals surface area contributed by atoms with Crippen LogP contribution in [0, 0.1) is 5.92 Å². The van der Waals surface area contributed by atoms with E-state index in [1.165, 1.54) is 13.0 Å². The molecule has 2 amide bonds. The SMILES string of the molecule is CCC(C)C(NC(=O)C(C)NC(=O)c1cccc(Cl)c1Cl)C(=O)O. The van der Waals surface area contributed by atoms with Crippen molar-refractivity contribution in [2.75, 3.05) is 0 Å². The number of carboxylic acid groups (broad SMARTS) is 1. The Labute approximate surface area is 150 Å². The number of aliphatic carboxylic acids is 1. The summed E-state index contributed by atoms with van der Waals surface area (Å²) in [7, 11) is 0. The second-order valence-corrected chi connectivity index (χ2v) is 6.29. The van der Waals surface area contributed by atoms with Crippen molar-refractivity contribution in [1.29, 1.82) is 0 Å². The van der Waals surface area contributed by atoms with Gasteiger partial charge in [0.15, 0.2) is 0 Å². The fraction of sp³-hybridized carbons (Fsp3) is 0.438. The van der Waals surface area contributed by atoms with E-state index in [4.69, 9.17) is 23.2 Å². The summed E-state index contributed by atoms with van der Waals surface area (Å²) >= 11 is 11.8. The maximum atomic E-state index is 12.2. The van der Waals surface area contributed by atoms with Crippen LogP contribution in [0.3, 0.4) is 0 Å². The van der Waals surface area contributed by atoms with Gasteiger partial charge in [0.25, 0.3) is 5.91 Å². The largest absolute Gasteiger partial charge is 0.480 e. The summed E-state index contributed by atoms with van der Waals surface area (Å²) in [6, 6.07) is 2.64. The van der Waals surface area contributed by atoms with Crippen molar-refractivity contribution >= 4 is 41.0 Å². The van der Waals surface area contributed by atoms with Crippen LogP contribution in [0.15, 0.2) is 18.2 Å². The van der Waals surface area contributed by atoms with Gasteiger partial charge in [-0.2, -0.15) is 0 Å². The lowest BCUT2D eigenvalue weighted by molar-refractivity contribution is -0.143. The Hall–Kier alpha value is -1.79. The molecule has 24 heavy (non-hydrogen) atoms. The zero-order chi connectivity index (χ0) is 18.4. The first-order valence-electron chi connectivity index (χ1n) is 7.47. The molecule has 0 saturated carbocycles. The molecule has 0 aliphatic heterocycles. The minimum Gasteiger partial charge on any atom is -0.480 e. The molecule has 3 N–H and O–H groups in total. The summed E-state index contributed by atoms with van der Waals surface area (Å²) in [6.07, 6.45) is 0.593. The molecule has 0 heterocycles. The van der Waals surface area contributed by atoms with Crippen LogP contribution in [0.4, 0.5) is 0 Å². The van der Waals surface area contributed by atoms with Crippen molar-refractivity contribution < 1.29 is 19.5 Å². The van der Waals surface area contributed by atoms with Crippen molar-refractivity contribution in [2.45, 2.75) is 39.3 Å². The maximum absolute atomic E-state index is 12.2. The third kappa shape index (κ3) is 5.11. The van der Waals surface area contributed by atoms with E-state index in [0.717, 1.165) is 0 Å². The van der Waals surface area contributed by atoms with E-state index in [9.17, 15) is 19.5 Å². The summed E-state index contributed by atoms with van der Waals surface area (Å²) < 4.78 is 0. The summed E-state index contributed by atoms with van der Waals surface area (Å²) in [5, 5.41) is 14.4. The molecule has 0 saturated heterocycles. The number of carbonyl (C=O) groups excluding carboxylic acids is 2. The summed E-state index contributed by atoms with van der Waals surface area (Å²) in [4.78, 5) is 35.6. The molecule has 132 valence electrons. The predicted molar refractivity (Wildman–Crippen MR) is 92.4 cm³/mol. The van der Waals surface area contributed by atoms with Gasteiger partial charge in [0, 0.05) is 0 Å². The highest BCUT2D eigenvalue weighted by atomic mass is 35.5. The van der Waals surface area contributed by atoms with Crippen LogP contribution in [0.1, 0.15) is 37.6 Å². The number of hydrogen-bond donors (Lipinski definition) is 3. The van der Waals surface area contributed by atoms with E-state index in [2.05, 4.69) is 10.6 Å². The van der Waals surface area contributed by atoms with Gasteiger partial charge in [-0.1, -0.05) is 49.5 Å². The zero-order valence-electron chi connectivity index (χ0n) is 13.6. The molecule has 6 nitrogen and oxygen atoms in total. The Kier molecular flexibility index (Phi) is 7.51. The van der Waals surface area contributed by atoms with Crippen molar-refractivity contribution in [3.8, 4) is 0 Å². The number of halogens is 2. The minimum atomic E-state index is -1.12. The van der Waals surface area contributed by atoms with Gasteiger partial charge >= 0.3 is 5.97 Å². The highest BCUT2D eigenvalue weighted by Crippen LogP contribution is 2.25. The van der Waals surface area contributed by atoms with Gasteiger partial charge in [0.2, 0.25) is 5.91 Å². The number of carboxylic acids is 1. The topological polar surface area (TPSA) is 95.5 Å². The molecule has 1 rings (SSSR count). The van der Waals surface area contributed by atoms with Crippen molar-refractivity contribution in [1.82, 2.24) is 10.6 Å². The standard InChI is InChI=1S/C16H20Cl2N2O4/c1-4-8(2)13(16(23)24)20-14(21)9(3)19-15(22)10-6-5-7-11(17)12(10)18/h5-9,13H,4H2,1-3H3,(H,19,22)(H,20,21)(H,23,24). The van der Waals surface area contributed by atoms with Gasteiger partial charge in [-0.05, 0) is 25.0 Å². The van der Waals surface area contributed by atoms with Gasteiger partial charge in [0.05, 0.1) is 15.6 Å². The molecule has 8 heteroatoms. The third-order valence-corrected chi connectivity index (χ3v) is 4.53. The minimum absolute atomic E-state index is 0.0901. The van der Waals surface area contributed by atoms with Crippen LogP contribution in [0.2, 0.25) is 10.0 Å². The molecule has 3 atom stereocenters. The number of benzene rings is 1. The van der Waals surface area contributed by atoms with Gasteiger partial charge in [-0.3, -0.25) is 9.59 Å². The van der Waals surface area contributed by atoms with Gasteiger partial charge in [-0.25, -0.2) is 4.79 Å². The van der Waals surface area contributed by atoms with Crippen LogP contribution < -0.4 is 10.6 Å². The van der Waals surface area contributed by atoms with Crippen molar-refractivity contribution in [3.63, 3.8) is 0 Å². The lowest BCUT2D eigenvalue weighted by Gasteiger charge is -2.22. The highest BCUT2D eigenvalue weighted by Gasteiger charge is 2.28. The molecule has 1 aromatic carbocycles. The second kappa shape index (κ2) is 8.89. The molecule has 3 unspecified atom stereocenters. The van der Waals surface area contributed by atoms with E-state index in [1.807, 2.05) is 6.92 Å². The number of rotatable bonds is 7. The Morgan fingerprint density at radius 1 is 1.17 bits per heavy atom. The number of nitrogens with one attached hydrogen (secondary N) is 2. The Balaban J connectivity index is 2.77. The molecule has 0 bridgehead atoms. The predicted octanol–water partition coefficient (Wildman–Crippen LogP) is 2.73. The molecule has 1 aromatic rings. The van der Waals surface area contributed by atoms with Crippen molar-refractivity contribution in [3.05, 3.63) is 33.8 Å². The average Bonchev–Trinajstić information content (AvgIpc) is 2.53. The van der Waals surface area contributed by atoms with Crippen LogP contribution in [-0.4, -0.2) is 35.0 Å². The van der Waals surface area contributed by atoms with E-state index < -0.39 is 29.9 Å². The first kappa shape index (κ1) is 20.3. The van der Waals surface area contributed by atoms with E-state index in [0.29, 0.717) is 6.42 Å². The van der Waals surface area contributed by atoms with Gasteiger partial charge < -0.3 is 15.7 Å². The van der Waals surface area contributed by atoms with Crippen LogP contribution in [0.25, 0.3) is 0 Å². The van der Waals surface area contributed by atoms with Gasteiger partial charge in [0.1, 0.15) is 12.1 Å². The zero-order valence-corrected chi connectivity index (χ0v) is 15.1. The Morgan fingerprint density at radius 3 is 2.33 bits per heavy atom. The lowest BCUT2D eigenvalue weighted by Crippen LogP contribution is -2.52. The number of hydrogen-bond acceptors (Lipinski definition) is 3. The average molecular weight is 375 g/mol. The fourth-order valence-electron chi connectivity index (χ4n) is 1.98. The van der Waals surface area contributed by atoms with Crippen molar-refractivity contribution in [2.24, 2.45) is 5.92 Å². The Bertz CT molecular complexity index is 637. The quantitative estimate of drug-likeness (QED) is 0.683. The Morgan fingerprint density at radius 2 is 1.79 bits per heavy atom. The molecule has 0 fully saturated rings. The van der Waals surface area contributed by atoms with Crippen LogP contribution >= 0.6 is 23.2 Å². The normalized spacial score (nSPS) is 14.4. The first-order chi connectivity index (χ1) is 11.2. The van der Waals surface area contributed by atoms with E-state index in [-0.39, 0.29) is 21.5 Å². The lowest BCUT2D eigenvalue weighted by atomic mass is 9.99. The number of amides is 2. The molecule has 0 spiro atoms. The van der Waals surface area contributed by atoms with Crippen LogP contribution in [-0.2, 0) is 9.59 Å². The first-order valence-corrected chi connectivity index (χ1v) is 8.22. The molecule has 0 radical (unpaired) electrons. The smallest absolute Gasteiger partial charge is 0.326 e. The molecule has 0 aliphatic rings. The second-order valence-electron chi connectivity index (χ2n) is 5.51. The summed E-state index contributed by atoms with van der Waals surface area (Å²) in [6.45, 7) is 5.02. The molecule has 0 aromatic heterocycles. The molecular weight excluding hydrogens is 355 g/mol. The third-order valence-electron chi connectivity index (χ3n) is 3.71. The monoisotopic (exact) mass is 374 g/mol. The van der Waals surface area contributed by atoms with Crippen LogP contribution in [0.5, 0.6) is 0 Å². The van der Waals surface area contributed by atoms with Gasteiger partial charge in [-0.15, -0.1) is 0 Å².